The first-order valence-corrected chi connectivity index (χ1v) is 8.15. The second-order valence-electron chi connectivity index (χ2n) is 6.12. The Morgan fingerprint density at radius 2 is 1.92 bits per heavy atom. The summed E-state index contributed by atoms with van der Waals surface area (Å²) < 4.78 is 0. The van der Waals surface area contributed by atoms with Crippen LogP contribution in [0.2, 0.25) is 0 Å². The van der Waals surface area contributed by atoms with Gasteiger partial charge in [0.1, 0.15) is 6.07 Å². The fourth-order valence-electron chi connectivity index (χ4n) is 2.95. The van der Waals surface area contributed by atoms with Gasteiger partial charge in [-0.2, -0.15) is 5.26 Å². The second-order valence-corrected chi connectivity index (χ2v) is 6.12. The Balaban J connectivity index is 1.87. The molecule has 1 saturated heterocycles. The maximum Gasteiger partial charge on any atom is 0.207 e. The van der Waals surface area contributed by atoms with Gasteiger partial charge < -0.3 is 10.0 Å². The zero-order valence-corrected chi connectivity index (χ0v) is 14.1. The minimum Gasteiger partial charge on any atom is -0.395 e. The number of aromatic nitrogens is 3. The summed E-state index contributed by atoms with van der Waals surface area (Å²) in [6.45, 7) is 8.15. The number of piperazine rings is 1. The lowest BCUT2D eigenvalue weighted by molar-refractivity contribution is 0.188. The highest BCUT2D eigenvalue weighted by Gasteiger charge is 2.23. The van der Waals surface area contributed by atoms with E-state index in [0.717, 1.165) is 43.0 Å². The Kier molecular flexibility index (Phi) is 4.79. The van der Waals surface area contributed by atoms with Crippen molar-refractivity contribution in [3.8, 4) is 11.8 Å². The summed E-state index contributed by atoms with van der Waals surface area (Å²) in [5, 5.41) is 27.4. The highest BCUT2D eigenvalue weighted by Crippen LogP contribution is 2.21. The zero-order chi connectivity index (χ0) is 17.1. The number of rotatable bonds is 4. The van der Waals surface area contributed by atoms with Crippen molar-refractivity contribution in [2.75, 3.05) is 44.2 Å². The molecule has 0 amide bonds. The molecule has 1 aromatic carbocycles. The van der Waals surface area contributed by atoms with E-state index in [4.69, 9.17) is 5.11 Å². The van der Waals surface area contributed by atoms with Gasteiger partial charge in [-0.1, -0.05) is 12.1 Å². The molecule has 1 aliphatic rings. The summed E-state index contributed by atoms with van der Waals surface area (Å²) in [6.07, 6.45) is 0. The van der Waals surface area contributed by atoms with Crippen LogP contribution in [0.4, 0.5) is 5.82 Å². The maximum atomic E-state index is 9.43. The fourth-order valence-corrected chi connectivity index (χ4v) is 2.95. The van der Waals surface area contributed by atoms with E-state index < -0.39 is 0 Å². The Bertz CT molecular complexity index is 755. The Hall–Kier alpha value is -2.43. The van der Waals surface area contributed by atoms with Crippen LogP contribution in [0.3, 0.4) is 0 Å². The van der Waals surface area contributed by atoms with Crippen molar-refractivity contribution >= 4 is 5.82 Å². The molecule has 1 N–H and O–H groups in total. The Morgan fingerprint density at radius 1 is 1.17 bits per heavy atom. The standard InChI is InChI=1S/C17H22N6O/c1-13-3-4-14(2)16(11-13)23-19-15(12-18)17(20-23)22-7-5-21(6-8-22)9-10-24/h3-4,11,24H,5-10H2,1-2H3. The molecule has 3 rings (SSSR count). The minimum atomic E-state index is 0.173. The van der Waals surface area contributed by atoms with E-state index >= 15 is 0 Å². The van der Waals surface area contributed by atoms with Crippen LogP contribution in [0.15, 0.2) is 18.2 Å². The van der Waals surface area contributed by atoms with Gasteiger partial charge in [0.2, 0.25) is 5.69 Å². The highest BCUT2D eigenvalue weighted by molar-refractivity contribution is 5.51. The van der Waals surface area contributed by atoms with E-state index in [1.165, 1.54) is 0 Å². The number of aliphatic hydroxyl groups excluding tert-OH is 1. The molecule has 7 heteroatoms. The number of nitrogens with zero attached hydrogens (tertiary/aromatic N) is 6. The summed E-state index contributed by atoms with van der Waals surface area (Å²) in [7, 11) is 0. The van der Waals surface area contributed by atoms with Crippen molar-refractivity contribution in [1.82, 2.24) is 19.9 Å². The largest absolute Gasteiger partial charge is 0.395 e. The number of hydrogen-bond donors (Lipinski definition) is 1. The van der Waals surface area contributed by atoms with Crippen molar-refractivity contribution in [2.24, 2.45) is 0 Å². The van der Waals surface area contributed by atoms with E-state index in [0.29, 0.717) is 18.1 Å². The molecule has 0 bridgehead atoms. The van der Waals surface area contributed by atoms with Crippen LogP contribution in [0.5, 0.6) is 0 Å². The number of hydrogen-bond acceptors (Lipinski definition) is 6. The van der Waals surface area contributed by atoms with E-state index in [2.05, 4.69) is 32.1 Å². The first-order chi connectivity index (χ1) is 11.6. The third kappa shape index (κ3) is 3.25. The molecule has 1 fully saturated rings. The average molecular weight is 326 g/mol. The van der Waals surface area contributed by atoms with Gasteiger partial charge in [0.15, 0.2) is 5.82 Å². The molecule has 1 aromatic heterocycles. The van der Waals surface area contributed by atoms with Gasteiger partial charge in [0.25, 0.3) is 0 Å². The van der Waals surface area contributed by atoms with E-state index in [1.807, 2.05) is 26.0 Å². The molecule has 2 heterocycles. The van der Waals surface area contributed by atoms with Crippen molar-refractivity contribution in [3.05, 3.63) is 35.0 Å². The molecule has 0 atom stereocenters. The number of aliphatic hydroxyl groups is 1. The molecular formula is C17H22N6O. The van der Waals surface area contributed by atoms with Crippen molar-refractivity contribution in [3.63, 3.8) is 0 Å². The summed E-state index contributed by atoms with van der Waals surface area (Å²) in [5.74, 6) is 0.641. The lowest BCUT2D eigenvalue weighted by atomic mass is 10.1. The van der Waals surface area contributed by atoms with Crippen LogP contribution in [-0.2, 0) is 0 Å². The number of benzene rings is 1. The van der Waals surface area contributed by atoms with Crippen molar-refractivity contribution in [1.29, 1.82) is 5.26 Å². The monoisotopic (exact) mass is 326 g/mol. The number of anilines is 1. The van der Waals surface area contributed by atoms with Gasteiger partial charge in [-0.25, -0.2) is 0 Å². The second kappa shape index (κ2) is 6.99. The summed E-state index contributed by atoms with van der Waals surface area (Å²) in [4.78, 5) is 5.87. The van der Waals surface area contributed by atoms with Crippen molar-refractivity contribution < 1.29 is 5.11 Å². The molecule has 126 valence electrons. The first-order valence-electron chi connectivity index (χ1n) is 8.15. The van der Waals surface area contributed by atoms with Gasteiger partial charge in [0, 0.05) is 32.7 Å². The van der Waals surface area contributed by atoms with Crippen LogP contribution in [0.1, 0.15) is 16.8 Å². The molecule has 0 saturated carbocycles. The highest BCUT2D eigenvalue weighted by atomic mass is 16.3. The van der Waals surface area contributed by atoms with Crippen LogP contribution in [-0.4, -0.2) is 64.3 Å². The van der Waals surface area contributed by atoms with Gasteiger partial charge >= 0.3 is 0 Å². The molecule has 0 aliphatic carbocycles. The summed E-state index contributed by atoms with van der Waals surface area (Å²) in [6, 6.07) is 8.28. The van der Waals surface area contributed by atoms with E-state index in [-0.39, 0.29) is 6.61 Å². The third-order valence-electron chi connectivity index (χ3n) is 4.37. The van der Waals surface area contributed by atoms with Crippen LogP contribution in [0, 0.1) is 25.2 Å². The van der Waals surface area contributed by atoms with E-state index in [9.17, 15) is 5.26 Å². The van der Waals surface area contributed by atoms with Crippen molar-refractivity contribution in [2.45, 2.75) is 13.8 Å². The molecular weight excluding hydrogens is 304 g/mol. The lowest BCUT2D eigenvalue weighted by Crippen LogP contribution is -2.47. The van der Waals surface area contributed by atoms with Crippen LogP contribution >= 0.6 is 0 Å². The third-order valence-corrected chi connectivity index (χ3v) is 4.37. The summed E-state index contributed by atoms with van der Waals surface area (Å²) >= 11 is 0. The molecule has 0 radical (unpaired) electrons. The van der Waals surface area contributed by atoms with Crippen LogP contribution in [0.25, 0.3) is 5.69 Å². The minimum absolute atomic E-state index is 0.173. The van der Waals surface area contributed by atoms with E-state index in [1.54, 1.807) is 4.80 Å². The maximum absolute atomic E-state index is 9.43. The fraction of sp³-hybridized carbons (Fsp3) is 0.471. The molecule has 7 nitrogen and oxygen atoms in total. The number of β-amino-alcohol motifs (C(OH)–C–C–N with tert-alkyl or cyclic N) is 1. The van der Waals surface area contributed by atoms with Gasteiger partial charge in [-0.05, 0) is 31.0 Å². The van der Waals surface area contributed by atoms with Gasteiger partial charge in [0.05, 0.1) is 12.3 Å². The molecule has 0 spiro atoms. The summed E-state index contributed by atoms with van der Waals surface area (Å²) in [5.41, 5.74) is 3.45. The SMILES string of the molecule is Cc1ccc(C)c(-n2nc(C#N)c(N3CCN(CCO)CC3)n2)c1. The molecule has 2 aromatic rings. The van der Waals surface area contributed by atoms with Crippen LogP contribution < -0.4 is 4.90 Å². The zero-order valence-electron chi connectivity index (χ0n) is 14.1. The Labute approximate surface area is 141 Å². The topological polar surface area (TPSA) is 81.2 Å². The normalized spacial score (nSPS) is 15.5. The number of nitriles is 1. The predicted octanol–water partition coefficient (Wildman–Crippen LogP) is 0.870. The Morgan fingerprint density at radius 3 is 2.58 bits per heavy atom. The quantitative estimate of drug-likeness (QED) is 0.898. The van der Waals surface area contributed by atoms with Gasteiger partial charge in [-0.3, -0.25) is 4.90 Å². The molecule has 24 heavy (non-hydrogen) atoms. The predicted molar refractivity (Wildman–Crippen MR) is 91.3 cm³/mol. The molecule has 0 unspecified atom stereocenters. The first kappa shape index (κ1) is 16.4. The number of aryl methyl sites for hydroxylation is 2. The average Bonchev–Trinajstić information content (AvgIpc) is 3.02. The smallest absolute Gasteiger partial charge is 0.207 e. The van der Waals surface area contributed by atoms with Gasteiger partial charge in [-0.15, -0.1) is 15.0 Å². The molecule has 1 aliphatic heterocycles. The lowest BCUT2D eigenvalue weighted by Gasteiger charge is -2.34.